The molecule has 1 heterocycles. The Morgan fingerprint density at radius 2 is 2.12 bits per heavy atom. The van der Waals surface area contributed by atoms with E-state index in [9.17, 15) is 9.18 Å². The largest absolute Gasteiger partial charge is 0.477 e. The number of fused-ring (bicyclic) bond motifs is 1. The van der Waals surface area contributed by atoms with Crippen molar-refractivity contribution in [3.05, 3.63) is 38.8 Å². The van der Waals surface area contributed by atoms with Crippen molar-refractivity contribution >= 4 is 39.5 Å². The number of aromatic nitrogens is 1. The Bertz CT molecular complexity index is 598. The van der Waals surface area contributed by atoms with Crippen LogP contribution in [0.2, 0.25) is 0 Å². The third kappa shape index (κ3) is 1.87. The summed E-state index contributed by atoms with van der Waals surface area (Å²) in [6.45, 7) is 1.74. The van der Waals surface area contributed by atoms with Crippen molar-refractivity contribution in [1.82, 2.24) is 4.98 Å². The van der Waals surface area contributed by atoms with Gasteiger partial charge < -0.3 is 5.11 Å². The van der Waals surface area contributed by atoms with Crippen LogP contribution in [0.3, 0.4) is 0 Å². The van der Waals surface area contributed by atoms with Gasteiger partial charge in [-0.05, 0) is 53.3 Å². The average molecular weight is 331 g/mol. The van der Waals surface area contributed by atoms with Crippen LogP contribution in [0.1, 0.15) is 16.1 Å². The lowest BCUT2D eigenvalue weighted by Gasteiger charge is -2.05. The van der Waals surface area contributed by atoms with Gasteiger partial charge in [-0.3, -0.25) is 0 Å². The summed E-state index contributed by atoms with van der Waals surface area (Å²) >= 11 is 2.01. The number of carbonyl (C=O) groups is 1. The standard InChI is InChI=1S/C11H7FINO2/c1-5-2-9(11(15)16)14-10-7(5)3-6(13)4-8(10)12/h2-4H,1H3,(H,15,16). The number of hydrogen-bond donors (Lipinski definition) is 1. The molecule has 0 aliphatic rings. The highest BCUT2D eigenvalue weighted by atomic mass is 127. The first kappa shape index (κ1) is 11.3. The maximum Gasteiger partial charge on any atom is 0.354 e. The SMILES string of the molecule is Cc1cc(C(=O)O)nc2c(F)cc(I)cc12. The third-order valence-corrected chi connectivity index (χ3v) is 2.88. The lowest BCUT2D eigenvalue weighted by molar-refractivity contribution is 0.0691. The van der Waals surface area contributed by atoms with Crippen molar-refractivity contribution < 1.29 is 14.3 Å². The molecule has 2 aromatic rings. The Morgan fingerprint density at radius 3 is 2.75 bits per heavy atom. The van der Waals surface area contributed by atoms with Crippen LogP contribution in [0.15, 0.2) is 18.2 Å². The zero-order chi connectivity index (χ0) is 11.9. The molecule has 0 atom stereocenters. The van der Waals surface area contributed by atoms with E-state index in [0.29, 0.717) is 10.9 Å². The van der Waals surface area contributed by atoms with Crippen LogP contribution in [0.4, 0.5) is 4.39 Å². The monoisotopic (exact) mass is 331 g/mol. The molecule has 0 fully saturated rings. The van der Waals surface area contributed by atoms with Crippen LogP contribution in [0.5, 0.6) is 0 Å². The Hall–Kier alpha value is -1.24. The molecule has 1 aromatic heterocycles. The van der Waals surface area contributed by atoms with E-state index >= 15 is 0 Å². The summed E-state index contributed by atoms with van der Waals surface area (Å²) in [7, 11) is 0. The quantitative estimate of drug-likeness (QED) is 0.818. The fourth-order valence-electron chi connectivity index (χ4n) is 1.53. The summed E-state index contributed by atoms with van der Waals surface area (Å²) in [5.74, 6) is -1.64. The molecule has 16 heavy (non-hydrogen) atoms. The minimum absolute atomic E-state index is 0.109. The van der Waals surface area contributed by atoms with Crippen molar-refractivity contribution in [1.29, 1.82) is 0 Å². The average Bonchev–Trinajstić information content (AvgIpc) is 2.19. The molecule has 0 saturated heterocycles. The predicted octanol–water partition coefficient (Wildman–Crippen LogP) is 2.99. The van der Waals surface area contributed by atoms with Gasteiger partial charge in [0, 0.05) is 8.96 Å². The van der Waals surface area contributed by atoms with Gasteiger partial charge in [0.05, 0.1) is 0 Å². The van der Waals surface area contributed by atoms with E-state index in [1.54, 1.807) is 13.0 Å². The number of aryl methyl sites for hydroxylation is 1. The lowest BCUT2D eigenvalue weighted by atomic mass is 10.1. The number of rotatable bonds is 1. The van der Waals surface area contributed by atoms with Crippen LogP contribution < -0.4 is 0 Å². The van der Waals surface area contributed by atoms with Crippen LogP contribution >= 0.6 is 22.6 Å². The van der Waals surface area contributed by atoms with Crippen LogP contribution in [-0.2, 0) is 0 Å². The van der Waals surface area contributed by atoms with Gasteiger partial charge in [0.1, 0.15) is 11.2 Å². The normalized spacial score (nSPS) is 10.7. The van der Waals surface area contributed by atoms with E-state index in [-0.39, 0.29) is 11.2 Å². The molecule has 0 aliphatic carbocycles. The highest BCUT2D eigenvalue weighted by Gasteiger charge is 2.12. The van der Waals surface area contributed by atoms with Crippen molar-refractivity contribution in [3.8, 4) is 0 Å². The number of carboxylic acids is 1. The number of carboxylic acid groups (broad SMARTS) is 1. The van der Waals surface area contributed by atoms with Crippen molar-refractivity contribution in [3.63, 3.8) is 0 Å². The van der Waals surface area contributed by atoms with Gasteiger partial charge in [0.2, 0.25) is 0 Å². The molecular weight excluding hydrogens is 324 g/mol. The van der Waals surface area contributed by atoms with E-state index in [0.717, 1.165) is 3.57 Å². The first-order valence-corrected chi connectivity index (χ1v) is 5.56. The van der Waals surface area contributed by atoms with E-state index in [2.05, 4.69) is 4.98 Å². The predicted molar refractivity (Wildman–Crippen MR) is 66.1 cm³/mol. The smallest absolute Gasteiger partial charge is 0.354 e. The van der Waals surface area contributed by atoms with Crippen molar-refractivity contribution in [2.75, 3.05) is 0 Å². The first-order chi connectivity index (χ1) is 7.49. The summed E-state index contributed by atoms with van der Waals surface area (Å²) in [5, 5.41) is 9.48. The van der Waals surface area contributed by atoms with Gasteiger partial charge in [0.25, 0.3) is 0 Å². The summed E-state index contributed by atoms with van der Waals surface area (Å²) in [4.78, 5) is 14.6. The van der Waals surface area contributed by atoms with Gasteiger partial charge in [-0.15, -0.1) is 0 Å². The molecule has 1 N–H and O–H groups in total. The third-order valence-electron chi connectivity index (χ3n) is 2.26. The van der Waals surface area contributed by atoms with Crippen LogP contribution in [-0.4, -0.2) is 16.1 Å². The van der Waals surface area contributed by atoms with Crippen LogP contribution in [0, 0.1) is 16.3 Å². The lowest BCUT2D eigenvalue weighted by Crippen LogP contribution is -2.02. The molecule has 0 aliphatic heterocycles. The zero-order valence-corrected chi connectivity index (χ0v) is 10.4. The second kappa shape index (κ2) is 3.97. The molecule has 0 radical (unpaired) electrons. The Kier molecular flexibility index (Phi) is 2.79. The summed E-state index contributed by atoms with van der Waals surface area (Å²) < 4.78 is 14.4. The highest BCUT2D eigenvalue weighted by molar-refractivity contribution is 14.1. The molecular formula is C11H7FINO2. The fraction of sp³-hybridized carbons (Fsp3) is 0.0909. The summed E-state index contributed by atoms with van der Waals surface area (Å²) in [6, 6.07) is 4.56. The first-order valence-electron chi connectivity index (χ1n) is 4.48. The topological polar surface area (TPSA) is 50.2 Å². The number of aromatic carboxylic acids is 1. The molecule has 2 rings (SSSR count). The van der Waals surface area contributed by atoms with E-state index < -0.39 is 11.8 Å². The number of pyridine rings is 1. The number of nitrogens with zero attached hydrogens (tertiary/aromatic N) is 1. The van der Waals surface area contributed by atoms with Gasteiger partial charge in [-0.1, -0.05) is 0 Å². The molecule has 0 unspecified atom stereocenters. The molecule has 0 amide bonds. The Balaban J connectivity index is 2.87. The van der Waals surface area contributed by atoms with E-state index in [1.165, 1.54) is 12.1 Å². The van der Waals surface area contributed by atoms with E-state index in [4.69, 9.17) is 5.11 Å². The molecule has 82 valence electrons. The van der Waals surface area contributed by atoms with Crippen molar-refractivity contribution in [2.24, 2.45) is 0 Å². The van der Waals surface area contributed by atoms with Gasteiger partial charge in [0.15, 0.2) is 5.82 Å². The van der Waals surface area contributed by atoms with Gasteiger partial charge >= 0.3 is 5.97 Å². The highest BCUT2D eigenvalue weighted by Crippen LogP contribution is 2.23. The van der Waals surface area contributed by atoms with Gasteiger partial charge in [-0.25, -0.2) is 14.2 Å². The maximum atomic E-state index is 13.6. The molecule has 5 heteroatoms. The molecule has 0 saturated carbocycles. The molecule has 1 aromatic carbocycles. The number of halogens is 2. The molecule has 0 bridgehead atoms. The van der Waals surface area contributed by atoms with E-state index in [1.807, 2.05) is 22.6 Å². The molecule has 3 nitrogen and oxygen atoms in total. The Morgan fingerprint density at radius 1 is 1.44 bits per heavy atom. The Labute approximate surface area is 104 Å². The fourth-order valence-corrected chi connectivity index (χ4v) is 2.11. The van der Waals surface area contributed by atoms with Crippen molar-refractivity contribution in [2.45, 2.75) is 6.92 Å². The minimum atomic E-state index is -1.15. The molecule has 0 spiro atoms. The second-order valence-corrected chi connectivity index (χ2v) is 4.66. The zero-order valence-electron chi connectivity index (χ0n) is 8.29. The van der Waals surface area contributed by atoms with Gasteiger partial charge in [-0.2, -0.15) is 0 Å². The minimum Gasteiger partial charge on any atom is -0.477 e. The summed E-state index contributed by atoms with van der Waals surface area (Å²) in [6.07, 6.45) is 0. The number of benzene rings is 1. The number of hydrogen-bond acceptors (Lipinski definition) is 2. The van der Waals surface area contributed by atoms with Crippen LogP contribution in [0.25, 0.3) is 10.9 Å². The second-order valence-electron chi connectivity index (χ2n) is 3.41. The maximum absolute atomic E-state index is 13.6. The summed E-state index contributed by atoms with van der Waals surface area (Å²) in [5.41, 5.74) is 0.683.